The first-order valence-electron chi connectivity index (χ1n) is 13.2. The highest BCUT2D eigenvalue weighted by Gasteiger charge is 2.51. The Morgan fingerprint density at radius 2 is 1.93 bits per heavy atom. The van der Waals surface area contributed by atoms with Gasteiger partial charge in [0.15, 0.2) is 23.2 Å². The minimum Gasteiger partial charge on any atom is -0.390 e. The van der Waals surface area contributed by atoms with Crippen molar-refractivity contribution in [2.45, 2.75) is 62.1 Å². The zero-order valence-electron chi connectivity index (χ0n) is 21.8. The second-order valence-corrected chi connectivity index (χ2v) is 12.0. The summed E-state index contributed by atoms with van der Waals surface area (Å²) in [5, 5.41) is 26.7. The van der Waals surface area contributed by atoms with E-state index in [1.165, 1.54) is 21.7 Å². The molecule has 224 valence electrons. The van der Waals surface area contributed by atoms with Crippen LogP contribution in [0.5, 0.6) is 0 Å². The topological polar surface area (TPSA) is 260 Å². The van der Waals surface area contributed by atoms with Gasteiger partial charge in [0.1, 0.15) is 30.2 Å². The monoisotopic (exact) mass is 605 g/mol. The molecule has 7 heterocycles. The van der Waals surface area contributed by atoms with Crippen molar-refractivity contribution in [2.24, 2.45) is 5.92 Å². The highest BCUT2D eigenvalue weighted by Crippen LogP contribution is 2.52. The van der Waals surface area contributed by atoms with E-state index in [-0.39, 0.29) is 29.5 Å². The van der Waals surface area contributed by atoms with E-state index < -0.39 is 62.2 Å². The number of hydrogen-bond acceptors (Lipinski definition) is 14. The number of imidazole rings is 1. The van der Waals surface area contributed by atoms with Crippen LogP contribution in [0.4, 0.5) is 11.8 Å². The Labute approximate surface area is 235 Å². The van der Waals surface area contributed by atoms with Crippen molar-refractivity contribution in [1.82, 2.24) is 34.1 Å². The number of phosphoric acid groups is 1. The highest BCUT2D eigenvalue weighted by atomic mass is 31.2. The van der Waals surface area contributed by atoms with Crippen LogP contribution in [0.1, 0.15) is 37.3 Å². The van der Waals surface area contributed by atoms with Crippen LogP contribution in [0.15, 0.2) is 29.6 Å². The maximum atomic E-state index is 13.2. The first-order chi connectivity index (χ1) is 20.1. The van der Waals surface area contributed by atoms with Gasteiger partial charge in [0.25, 0.3) is 5.56 Å². The minimum absolute atomic E-state index is 0.0377. The number of aromatic nitrogens is 7. The molecule has 0 saturated carbocycles. The fraction of sp³-hybridized carbons (Fsp3) is 0.522. The quantitative estimate of drug-likeness (QED) is 0.156. The molecule has 0 radical (unpaired) electrons. The summed E-state index contributed by atoms with van der Waals surface area (Å²) >= 11 is 0. The predicted molar refractivity (Wildman–Crippen MR) is 141 cm³/mol. The van der Waals surface area contributed by atoms with Gasteiger partial charge in [0.2, 0.25) is 5.95 Å². The fourth-order valence-electron chi connectivity index (χ4n) is 6.10. The van der Waals surface area contributed by atoms with Crippen LogP contribution in [-0.2, 0) is 23.1 Å². The van der Waals surface area contributed by atoms with Gasteiger partial charge in [-0.2, -0.15) is 10.1 Å². The Kier molecular flexibility index (Phi) is 6.55. The van der Waals surface area contributed by atoms with Crippen LogP contribution < -0.4 is 17.0 Å². The molecule has 1 unspecified atom stereocenters. The van der Waals surface area contributed by atoms with Gasteiger partial charge in [-0.1, -0.05) is 6.42 Å². The summed E-state index contributed by atoms with van der Waals surface area (Å²) in [7, 11) is -4.83. The van der Waals surface area contributed by atoms with Crippen molar-refractivity contribution >= 4 is 36.3 Å². The molecule has 3 fully saturated rings. The van der Waals surface area contributed by atoms with E-state index in [1.54, 1.807) is 12.1 Å². The molecular formula is C23H28N9O9P. The molecule has 0 amide bonds. The summed E-state index contributed by atoms with van der Waals surface area (Å²) in [5.41, 5.74) is 12.2. The summed E-state index contributed by atoms with van der Waals surface area (Å²) in [4.78, 5) is 37.5. The number of nitrogen functional groups attached to an aromatic ring is 2. The number of hydrogen-bond donors (Lipinski definition) is 6. The standard InChI is InChI=1S/C23H28N9O9P/c24-19-11-5-4-10(32(11)28-7-26-19)17-15(33)9-2-1-3-12-16(34)18(41-42(36,37)38-6-13(9)39-17)22(40-12)31-8-27-14-20(31)29-23(25)30-21(14)35/h4-5,7-9,12-13,15-18,22,33-34H,1-3,6H2,(H,36,37)(H2,24,26,28)(H3,25,29,30,35)/t9-,12-,13-,15-,16-,17+,18-,22-/m1/s1. The van der Waals surface area contributed by atoms with E-state index in [4.69, 9.17) is 30.0 Å². The summed E-state index contributed by atoms with van der Waals surface area (Å²) in [5.74, 6) is -0.407. The molecule has 0 aromatic carbocycles. The number of nitrogens with two attached hydrogens (primary N) is 2. The third kappa shape index (κ3) is 4.47. The van der Waals surface area contributed by atoms with Crippen LogP contribution in [0.25, 0.3) is 16.7 Å². The zero-order valence-corrected chi connectivity index (χ0v) is 22.7. The predicted octanol–water partition coefficient (Wildman–Crippen LogP) is -0.612. The van der Waals surface area contributed by atoms with E-state index >= 15 is 0 Å². The van der Waals surface area contributed by atoms with E-state index in [1.807, 2.05) is 0 Å². The molecule has 8 N–H and O–H groups in total. The molecule has 0 spiro atoms. The Morgan fingerprint density at radius 1 is 1.10 bits per heavy atom. The van der Waals surface area contributed by atoms with E-state index in [9.17, 15) is 24.5 Å². The van der Waals surface area contributed by atoms with Crippen molar-refractivity contribution in [3.8, 4) is 0 Å². The summed E-state index contributed by atoms with van der Waals surface area (Å²) in [6.45, 7) is -0.383. The number of fused-ring (bicyclic) bond motifs is 5. The third-order valence-electron chi connectivity index (χ3n) is 8.07. The van der Waals surface area contributed by atoms with Gasteiger partial charge >= 0.3 is 7.82 Å². The van der Waals surface area contributed by atoms with Gasteiger partial charge in [-0.05, 0) is 25.0 Å². The van der Waals surface area contributed by atoms with Crippen LogP contribution in [-0.4, -0.2) is 86.4 Å². The molecular weight excluding hydrogens is 577 g/mol. The lowest BCUT2D eigenvalue weighted by molar-refractivity contribution is -0.0431. The average molecular weight is 606 g/mol. The van der Waals surface area contributed by atoms with Gasteiger partial charge in [0.05, 0.1) is 36.9 Å². The van der Waals surface area contributed by atoms with Crippen LogP contribution in [0.3, 0.4) is 0 Å². The molecule has 3 saturated heterocycles. The number of nitrogens with one attached hydrogen (secondary N) is 1. The number of anilines is 2. The van der Waals surface area contributed by atoms with Crippen LogP contribution >= 0.6 is 7.82 Å². The Hall–Kier alpha value is -3.48. The molecule has 3 aliphatic rings. The lowest BCUT2D eigenvalue weighted by Gasteiger charge is -2.26. The van der Waals surface area contributed by atoms with Crippen molar-refractivity contribution in [2.75, 3.05) is 18.1 Å². The number of aromatic amines is 1. The number of H-pyrrole nitrogens is 1. The van der Waals surface area contributed by atoms with E-state index in [2.05, 4.69) is 25.0 Å². The summed E-state index contributed by atoms with van der Waals surface area (Å²) < 4.78 is 39.1. The second kappa shape index (κ2) is 10.1. The van der Waals surface area contributed by atoms with Crippen molar-refractivity contribution < 1.29 is 38.2 Å². The molecule has 7 rings (SSSR count). The first kappa shape index (κ1) is 27.4. The molecule has 4 aromatic heterocycles. The molecule has 3 aliphatic heterocycles. The van der Waals surface area contributed by atoms with Gasteiger partial charge in [-0.25, -0.2) is 19.0 Å². The van der Waals surface area contributed by atoms with Gasteiger partial charge in [-0.15, -0.1) is 0 Å². The molecule has 4 aromatic rings. The number of ether oxygens (including phenoxy) is 2. The molecule has 2 bridgehead atoms. The Morgan fingerprint density at radius 3 is 2.76 bits per heavy atom. The summed E-state index contributed by atoms with van der Waals surface area (Å²) in [6, 6.07) is 3.44. The molecule has 9 atom stereocenters. The number of phosphoric ester groups is 1. The molecule has 0 aliphatic carbocycles. The van der Waals surface area contributed by atoms with Gasteiger partial charge in [0, 0.05) is 5.92 Å². The fourth-order valence-corrected chi connectivity index (χ4v) is 7.03. The lowest BCUT2D eigenvalue weighted by Crippen LogP contribution is -2.35. The maximum Gasteiger partial charge on any atom is 0.472 e. The smallest absolute Gasteiger partial charge is 0.390 e. The SMILES string of the molecule is Nc1nc2c(ncn2[C@@H]2O[C@@H]3CCC[C@H]4[C@@H](O)[C@H](c5ccc6c(N)ncnn56)O[C@@H]4COP(=O)(O)O[C@@H]2[C@@H]3O)c(=O)[nH]1. The van der Waals surface area contributed by atoms with Crippen LogP contribution in [0.2, 0.25) is 0 Å². The Balaban J connectivity index is 1.17. The lowest BCUT2D eigenvalue weighted by atomic mass is 9.89. The second-order valence-electron chi connectivity index (χ2n) is 10.5. The van der Waals surface area contributed by atoms with Gasteiger partial charge < -0.3 is 36.0 Å². The molecule has 42 heavy (non-hydrogen) atoms. The van der Waals surface area contributed by atoms with Crippen LogP contribution in [0, 0.1) is 5.92 Å². The van der Waals surface area contributed by atoms with Crippen molar-refractivity contribution in [3.05, 3.63) is 40.8 Å². The number of nitrogens with zero attached hydrogens (tertiary/aromatic N) is 6. The third-order valence-corrected chi connectivity index (χ3v) is 9.06. The zero-order chi connectivity index (χ0) is 29.3. The summed E-state index contributed by atoms with van der Waals surface area (Å²) in [6.07, 6.45) is -3.59. The van der Waals surface area contributed by atoms with E-state index in [0.717, 1.165) is 0 Å². The largest absolute Gasteiger partial charge is 0.472 e. The number of aliphatic hydroxyl groups is 2. The molecule has 19 heteroatoms. The van der Waals surface area contributed by atoms with E-state index in [0.29, 0.717) is 30.5 Å². The Bertz CT molecular complexity index is 1760. The normalized spacial score (nSPS) is 35.7. The van der Waals surface area contributed by atoms with Crippen molar-refractivity contribution in [3.63, 3.8) is 0 Å². The number of rotatable bonds is 2. The minimum atomic E-state index is -4.83. The molecule has 18 nitrogen and oxygen atoms in total. The average Bonchev–Trinajstić information content (AvgIpc) is 3.69. The van der Waals surface area contributed by atoms with Gasteiger partial charge in [-0.3, -0.25) is 23.4 Å². The maximum absolute atomic E-state index is 13.2. The van der Waals surface area contributed by atoms with Crippen molar-refractivity contribution in [1.29, 1.82) is 0 Å². The number of aliphatic hydroxyl groups excluding tert-OH is 2. The highest BCUT2D eigenvalue weighted by molar-refractivity contribution is 7.47. The first-order valence-corrected chi connectivity index (χ1v) is 14.7.